The van der Waals surface area contributed by atoms with Crippen LogP contribution in [-0.4, -0.2) is 45.7 Å². The molecule has 0 fully saturated rings. The highest BCUT2D eigenvalue weighted by molar-refractivity contribution is 7.92. The zero-order valence-corrected chi connectivity index (χ0v) is 16.1. The summed E-state index contributed by atoms with van der Waals surface area (Å²) in [4.78, 5) is 24.8. The highest BCUT2D eigenvalue weighted by Gasteiger charge is 2.22. The number of ether oxygens (including phenoxy) is 3. The van der Waals surface area contributed by atoms with E-state index in [2.05, 4.69) is 4.72 Å². The van der Waals surface area contributed by atoms with Gasteiger partial charge in [-0.3, -0.25) is 9.52 Å². The monoisotopic (exact) mass is 405 g/mol. The van der Waals surface area contributed by atoms with Gasteiger partial charge in [0.25, 0.3) is 0 Å². The molecule has 8 nitrogen and oxygen atoms in total. The molecule has 3 rings (SSSR count). The van der Waals surface area contributed by atoms with Crippen LogP contribution in [0.2, 0.25) is 0 Å². The Hall–Kier alpha value is -3.07. The van der Waals surface area contributed by atoms with Crippen molar-refractivity contribution in [3.8, 4) is 11.5 Å². The number of esters is 1. The Kier molecular flexibility index (Phi) is 5.55. The van der Waals surface area contributed by atoms with Gasteiger partial charge in [-0.1, -0.05) is 0 Å². The number of hydrogen-bond donors (Lipinski definition) is 1. The lowest BCUT2D eigenvalue weighted by atomic mass is 10.1. The molecule has 148 valence electrons. The molecular weight excluding hydrogens is 386 g/mol. The van der Waals surface area contributed by atoms with Crippen LogP contribution in [0.1, 0.15) is 27.6 Å². The van der Waals surface area contributed by atoms with Gasteiger partial charge >= 0.3 is 5.97 Å². The molecule has 1 aliphatic rings. The summed E-state index contributed by atoms with van der Waals surface area (Å²) in [5, 5.41) is 0. The predicted molar refractivity (Wildman–Crippen MR) is 102 cm³/mol. The fraction of sp³-hybridized carbons (Fsp3) is 0.263. The Morgan fingerprint density at radius 3 is 2.25 bits per heavy atom. The summed E-state index contributed by atoms with van der Waals surface area (Å²) in [7, 11) is -3.40. The average molecular weight is 405 g/mol. The molecule has 1 heterocycles. The van der Waals surface area contributed by atoms with Gasteiger partial charge < -0.3 is 14.2 Å². The Labute approximate surface area is 162 Å². The lowest BCUT2D eigenvalue weighted by molar-refractivity contribution is 0.0318. The van der Waals surface area contributed by atoms with Gasteiger partial charge in [0.1, 0.15) is 13.2 Å². The molecule has 28 heavy (non-hydrogen) atoms. The van der Waals surface area contributed by atoms with E-state index in [9.17, 15) is 18.0 Å². The van der Waals surface area contributed by atoms with Crippen LogP contribution < -0.4 is 14.2 Å². The summed E-state index contributed by atoms with van der Waals surface area (Å²) in [6.07, 6.45) is 0.0141. The highest BCUT2D eigenvalue weighted by atomic mass is 32.2. The number of hydrogen-bond acceptors (Lipinski definition) is 7. The minimum Gasteiger partial charge on any atom is -0.486 e. The molecule has 0 aromatic heterocycles. The van der Waals surface area contributed by atoms with Crippen molar-refractivity contribution in [1.29, 1.82) is 0 Å². The minimum atomic E-state index is -3.40. The Balaban J connectivity index is 1.66. The fourth-order valence-electron chi connectivity index (χ4n) is 2.60. The maximum Gasteiger partial charge on any atom is 0.338 e. The molecule has 0 saturated carbocycles. The van der Waals surface area contributed by atoms with Crippen LogP contribution in [0.15, 0.2) is 42.5 Å². The van der Waals surface area contributed by atoms with Gasteiger partial charge in [0, 0.05) is 11.3 Å². The van der Waals surface area contributed by atoms with Crippen LogP contribution in [0, 0.1) is 0 Å². The smallest absolute Gasteiger partial charge is 0.338 e. The Morgan fingerprint density at radius 1 is 1.00 bits per heavy atom. The lowest BCUT2D eigenvalue weighted by Crippen LogP contribution is -2.24. The summed E-state index contributed by atoms with van der Waals surface area (Å²) >= 11 is 0. The number of nitrogens with one attached hydrogen (secondary N) is 1. The van der Waals surface area contributed by atoms with E-state index in [4.69, 9.17) is 14.2 Å². The third-order valence-electron chi connectivity index (χ3n) is 3.90. The summed E-state index contributed by atoms with van der Waals surface area (Å²) in [6.45, 7) is 2.31. The van der Waals surface area contributed by atoms with Crippen molar-refractivity contribution in [2.45, 2.75) is 13.0 Å². The number of rotatable bonds is 6. The summed E-state index contributed by atoms with van der Waals surface area (Å²) in [5.74, 6) is -0.0617. The van der Waals surface area contributed by atoms with Gasteiger partial charge in [-0.15, -0.1) is 0 Å². The maximum absolute atomic E-state index is 12.5. The number of anilines is 1. The van der Waals surface area contributed by atoms with E-state index in [1.54, 1.807) is 12.1 Å². The van der Waals surface area contributed by atoms with Gasteiger partial charge in [-0.25, -0.2) is 13.2 Å². The SMILES string of the molecule is C[C@@H](OC(=O)c1ccc2c(c1)OCCO2)C(=O)c1ccc(NS(C)(=O)=O)cc1. The minimum absolute atomic E-state index is 0.247. The van der Waals surface area contributed by atoms with Crippen LogP contribution in [-0.2, 0) is 14.8 Å². The van der Waals surface area contributed by atoms with Crippen molar-refractivity contribution in [1.82, 2.24) is 0 Å². The second-order valence-electron chi connectivity index (χ2n) is 6.22. The number of benzene rings is 2. The second kappa shape index (κ2) is 7.89. The van der Waals surface area contributed by atoms with Crippen LogP contribution >= 0.6 is 0 Å². The maximum atomic E-state index is 12.5. The summed E-state index contributed by atoms with van der Waals surface area (Å²) < 4.78 is 40.8. The van der Waals surface area contributed by atoms with Crippen molar-refractivity contribution in [3.63, 3.8) is 0 Å². The molecule has 1 aliphatic heterocycles. The van der Waals surface area contributed by atoms with Crippen molar-refractivity contribution in [2.24, 2.45) is 0 Å². The molecule has 9 heteroatoms. The van der Waals surface area contributed by atoms with Gasteiger partial charge in [0.2, 0.25) is 15.8 Å². The Bertz CT molecular complexity index is 999. The standard InChI is InChI=1S/C19H19NO7S/c1-12(18(21)13-3-6-15(7-4-13)20-28(2,23)24)27-19(22)14-5-8-16-17(11-14)26-10-9-25-16/h3-8,11-12,20H,9-10H2,1-2H3/t12-/m1/s1. The summed E-state index contributed by atoms with van der Waals surface area (Å²) in [6, 6.07) is 10.5. The third kappa shape index (κ3) is 4.80. The largest absolute Gasteiger partial charge is 0.486 e. The highest BCUT2D eigenvalue weighted by Crippen LogP contribution is 2.31. The predicted octanol–water partition coefficient (Wildman–Crippen LogP) is 2.26. The zero-order chi connectivity index (χ0) is 20.3. The van der Waals surface area contributed by atoms with Crippen molar-refractivity contribution in [3.05, 3.63) is 53.6 Å². The topological polar surface area (TPSA) is 108 Å². The number of sulfonamides is 1. The van der Waals surface area contributed by atoms with E-state index in [1.165, 1.54) is 37.3 Å². The van der Waals surface area contributed by atoms with Gasteiger partial charge in [0.15, 0.2) is 17.6 Å². The van der Waals surface area contributed by atoms with Crippen LogP contribution in [0.5, 0.6) is 11.5 Å². The van der Waals surface area contributed by atoms with Crippen LogP contribution in [0.3, 0.4) is 0 Å². The number of carbonyl (C=O) groups excluding carboxylic acids is 2. The molecule has 0 radical (unpaired) electrons. The van der Waals surface area contributed by atoms with Crippen LogP contribution in [0.4, 0.5) is 5.69 Å². The van der Waals surface area contributed by atoms with Crippen molar-refractivity contribution in [2.75, 3.05) is 24.2 Å². The fourth-order valence-corrected chi connectivity index (χ4v) is 3.17. The normalized spacial score (nSPS) is 14.1. The lowest BCUT2D eigenvalue weighted by Gasteiger charge is -2.19. The zero-order valence-electron chi connectivity index (χ0n) is 15.3. The molecule has 0 aliphatic carbocycles. The number of ketones is 1. The average Bonchev–Trinajstić information content (AvgIpc) is 2.66. The van der Waals surface area contributed by atoms with E-state index in [-0.39, 0.29) is 5.56 Å². The molecule has 2 aromatic carbocycles. The number of fused-ring (bicyclic) bond motifs is 1. The summed E-state index contributed by atoms with van der Waals surface area (Å²) in [5.41, 5.74) is 0.873. The van der Waals surface area contributed by atoms with Gasteiger partial charge in [-0.2, -0.15) is 0 Å². The first-order valence-electron chi connectivity index (χ1n) is 8.45. The van der Waals surface area contributed by atoms with Crippen LogP contribution in [0.25, 0.3) is 0 Å². The van der Waals surface area contributed by atoms with Crippen molar-refractivity contribution >= 4 is 27.5 Å². The molecule has 0 spiro atoms. The number of carbonyl (C=O) groups is 2. The van der Waals surface area contributed by atoms with E-state index >= 15 is 0 Å². The van der Waals surface area contributed by atoms with Gasteiger partial charge in [0.05, 0.1) is 11.8 Å². The molecule has 2 aromatic rings. The quantitative estimate of drug-likeness (QED) is 0.580. The third-order valence-corrected chi connectivity index (χ3v) is 4.51. The molecule has 0 saturated heterocycles. The van der Waals surface area contributed by atoms with Gasteiger partial charge in [-0.05, 0) is 49.4 Å². The first-order valence-corrected chi connectivity index (χ1v) is 10.3. The molecular formula is C19H19NO7S. The van der Waals surface area contributed by atoms with E-state index < -0.39 is 27.9 Å². The Morgan fingerprint density at radius 2 is 1.61 bits per heavy atom. The molecule has 1 N–H and O–H groups in total. The van der Waals surface area contributed by atoms with E-state index in [1.807, 2.05) is 0 Å². The second-order valence-corrected chi connectivity index (χ2v) is 7.97. The molecule has 0 amide bonds. The molecule has 0 unspecified atom stereocenters. The number of Topliss-reactive ketones (excluding diaryl/α,β-unsaturated/α-hetero) is 1. The van der Waals surface area contributed by atoms with E-state index in [0.29, 0.717) is 36.0 Å². The molecule has 1 atom stereocenters. The first-order chi connectivity index (χ1) is 13.2. The first kappa shape index (κ1) is 19.7. The molecule has 0 bridgehead atoms. The van der Waals surface area contributed by atoms with E-state index in [0.717, 1.165) is 6.26 Å². The van der Waals surface area contributed by atoms with Crippen molar-refractivity contribution < 1.29 is 32.2 Å².